The lowest BCUT2D eigenvalue weighted by atomic mass is 9.94. The third-order valence-corrected chi connectivity index (χ3v) is 7.77. The minimum atomic E-state index is -3.68. The zero-order valence-corrected chi connectivity index (χ0v) is 17.0. The summed E-state index contributed by atoms with van der Waals surface area (Å²) in [5, 5.41) is 0.158. The van der Waals surface area contributed by atoms with E-state index in [2.05, 4.69) is 14.9 Å². The second-order valence-electron chi connectivity index (χ2n) is 7.71. The van der Waals surface area contributed by atoms with Crippen molar-refractivity contribution in [3.8, 4) is 0 Å². The number of benzene rings is 1. The van der Waals surface area contributed by atoms with Crippen LogP contribution >= 0.6 is 0 Å². The lowest BCUT2D eigenvalue weighted by Gasteiger charge is -2.33. The van der Waals surface area contributed by atoms with Crippen LogP contribution in [0.15, 0.2) is 32.7 Å². The molecule has 2 N–H and O–H groups in total. The van der Waals surface area contributed by atoms with Crippen LogP contribution in [0, 0.1) is 5.92 Å². The Labute approximate surface area is 168 Å². The van der Waals surface area contributed by atoms with E-state index in [-0.39, 0.29) is 10.3 Å². The van der Waals surface area contributed by atoms with E-state index in [1.54, 1.807) is 0 Å². The zero-order valence-electron chi connectivity index (χ0n) is 16.2. The molecule has 0 atom stereocenters. The first-order valence-corrected chi connectivity index (χ1v) is 11.4. The molecule has 0 radical (unpaired) electrons. The van der Waals surface area contributed by atoms with Gasteiger partial charge in [-0.15, -0.1) is 0 Å². The van der Waals surface area contributed by atoms with Crippen molar-refractivity contribution in [1.29, 1.82) is 0 Å². The van der Waals surface area contributed by atoms with Crippen molar-refractivity contribution in [2.24, 2.45) is 5.92 Å². The van der Waals surface area contributed by atoms with Crippen molar-refractivity contribution in [1.82, 2.24) is 19.2 Å². The van der Waals surface area contributed by atoms with Gasteiger partial charge in [0.05, 0.1) is 29.0 Å². The number of nitrogens with one attached hydrogen (secondary N) is 2. The Morgan fingerprint density at radius 3 is 2.48 bits per heavy atom. The monoisotopic (exact) mass is 422 g/mol. The lowest BCUT2D eigenvalue weighted by molar-refractivity contribution is 0.0343. The maximum Gasteiger partial charge on any atom is 0.326 e. The molecule has 2 fully saturated rings. The van der Waals surface area contributed by atoms with Gasteiger partial charge in [0.2, 0.25) is 10.0 Å². The third-order valence-electron chi connectivity index (χ3n) is 5.88. The van der Waals surface area contributed by atoms with Gasteiger partial charge in [0.1, 0.15) is 0 Å². The molecule has 0 spiro atoms. The van der Waals surface area contributed by atoms with Crippen LogP contribution in [0.1, 0.15) is 19.3 Å². The summed E-state index contributed by atoms with van der Waals surface area (Å²) in [5.74, 6) is 0.522. The molecule has 0 bridgehead atoms. The summed E-state index contributed by atoms with van der Waals surface area (Å²) in [6.07, 6.45) is 2.75. The molecular formula is C19H26N4O5S. The normalized spacial score (nSPS) is 20.3. The van der Waals surface area contributed by atoms with Crippen molar-refractivity contribution in [3.63, 3.8) is 0 Å². The van der Waals surface area contributed by atoms with Gasteiger partial charge in [-0.3, -0.25) is 14.7 Å². The summed E-state index contributed by atoms with van der Waals surface area (Å²) in [6, 6.07) is 4.25. The van der Waals surface area contributed by atoms with Gasteiger partial charge < -0.3 is 9.72 Å². The Balaban J connectivity index is 1.41. The van der Waals surface area contributed by atoms with Gasteiger partial charge in [0.15, 0.2) is 0 Å². The van der Waals surface area contributed by atoms with Crippen LogP contribution in [-0.4, -0.2) is 73.5 Å². The molecule has 0 amide bonds. The Hall–Kier alpha value is -2.01. The average Bonchev–Trinajstić information content (AvgIpc) is 2.73. The summed E-state index contributed by atoms with van der Waals surface area (Å²) in [7, 11) is -3.68. The number of nitrogens with zero attached hydrogens (tertiary/aromatic N) is 2. The van der Waals surface area contributed by atoms with Crippen molar-refractivity contribution >= 4 is 20.9 Å². The number of sulfonamides is 1. The van der Waals surface area contributed by atoms with E-state index in [4.69, 9.17) is 4.74 Å². The second kappa shape index (κ2) is 8.39. The molecule has 4 rings (SSSR count). The molecule has 0 unspecified atom stereocenters. The van der Waals surface area contributed by atoms with E-state index in [1.165, 1.54) is 22.5 Å². The highest BCUT2D eigenvalue weighted by molar-refractivity contribution is 7.89. The molecule has 0 aliphatic carbocycles. The Morgan fingerprint density at radius 2 is 1.76 bits per heavy atom. The average molecular weight is 423 g/mol. The number of hydrogen-bond donors (Lipinski definition) is 2. The minimum absolute atomic E-state index is 0.0781. The van der Waals surface area contributed by atoms with Gasteiger partial charge in [0.25, 0.3) is 5.56 Å². The first-order valence-electron chi connectivity index (χ1n) is 10.00. The first kappa shape index (κ1) is 20.3. The molecule has 158 valence electrons. The van der Waals surface area contributed by atoms with Crippen LogP contribution in [0.4, 0.5) is 0 Å². The van der Waals surface area contributed by atoms with Crippen molar-refractivity contribution in [3.05, 3.63) is 39.0 Å². The van der Waals surface area contributed by atoms with E-state index in [1.807, 2.05) is 0 Å². The van der Waals surface area contributed by atoms with Crippen LogP contribution < -0.4 is 11.2 Å². The van der Waals surface area contributed by atoms with Gasteiger partial charge in [-0.25, -0.2) is 13.2 Å². The molecule has 1 aromatic carbocycles. The molecule has 2 saturated heterocycles. The molecule has 3 heterocycles. The lowest BCUT2D eigenvalue weighted by Crippen LogP contribution is -2.40. The topological polar surface area (TPSA) is 116 Å². The molecule has 2 aromatic rings. The van der Waals surface area contributed by atoms with Crippen molar-refractivity contribution in [2.75, 3.05) is 45.9 Å². The van der Waals surface area contributed by atoms with E-state index < -0.39 is 21.3 Å². The van der Waals surface area contributed by atoms with E-state index in [0.717, 1.165) is 52.1 Å². The Morgan fingerprint density at radius 1 is 1.03 bits per heavy atom. The van der Waals surface area contributed by atoms with Crippen molar-refractivity contribution < 1.29 is 13.2 Å². The van der Waals surface area contributed by atoms with Crippen LogP contribution in [-0.2, 0) is 14.8 Å². The highest BCUT2D eigenvalue weighted by atomic mass is 32.2. The number of ether oxygens (including phenoxy) is 1. The number of piperidine rings is 1. The van der Waals surface area contributed by atoms with E-state index in [9.17, 15) is 18.0 Å². The Bertz CT molecular complexity index is 1080. The first-order chi connectivity index (χ1) is 13.9. The quantitative estimate of drug-likeness (QED) is 0.718. The number of aromatic nitrogens is 2. The molecule has 2 aliphatic heterocycles. The third kappa shape index (κ3) is 4.45. The summed E-state index contributed by atoms with van der Waals surface area (Å²) in [4.78, 5) is 30.5. The SMILES string of the molecule is O=c1[nH]c(=O)c2cc(S(=O)(=O)N3CCC(CCN4CCOCC4)CC3)ccc2[nH]1. The largest absolute Gasteiger partial charge is 0.379 e. The van der Waals surface area contributed by atoms with Crippen LogP contribution in [0.2, 0.25) is 0 Å². The van der Waals surface area contributed by atoms with E-state index >= 15 is 0 Å². The number of aromatic amines is 2. The predicted molar refractivity (Wildman–Crippen MR) is 109 cm³/mol. The highest BCUT2D eigenvalue weighted by Crippen LogP contribution is 2.26. The maximum atomic E-state index is 13.0. The molecule has 0 saturated carbocycles. The van der Waals surface area contributed by atoms with Crippen LogP contribution in [0.5, 0.6) is 0 Å². The molecule has 29 heavy (non-hydrogen) atoms. The summed E-state index contributed by atoms with van der Waals surface area (Å²) < 4.78 is 33.0. The fourth-order valence-electron chi connectivity index (χ4n) is 4.08. The van der Waals surface area contributed by atoms with Gasteiger partial charge in [-0.1, -0.05) is 0 Å². The number of fused-ring (bicyclic) bond motifs is 1. The minimum Gasteiger partial charge on any atom is -0.379 e. The van der Waals surface area contributed by atoms with Gasteiger partial charge in [0, 0.05) is 26.2 Å². The van der Waals surface area contributed by atoms with Crippen LogP contribution in [0.3, 0.4) is 0 Å². The predicted octanol–water partition coefficient (Wildman–Crippen LogP) is 0.339. The van der Waals surface area contributed by atoms with Crippen molar-refractivity contribution in [2.45, 2.75) is 24.2 Å². The summed E-state index contributed by atoms with van der Waals surface area (Å²) in [5.41, 5.74) is -0.889. The second-order valence-corrected chi connectivity index (χ2v) is 9.64. The fraction of sp³-hybridized carbons (Fsp3) is 0.579. The highest BCUT2D eigenvalue weighted by Gasteiger charge is 2.30. The molecule has 1 aromatic heterocycles. The molecule has 2 aliphatic rings. The van der Waals surface area contributed by atoms with Gasteiger partial charge >= 0.3 is 5.69 Å². The fourth-order valence-corrected chi connectivity index (χ4v) is 5.58. The van der Waals surface area contributed by atoms with E-state index in [0.29, 0.717) is 24.5 Å². The summed E-state index contributed by atoms with van der Waals surface area (Å²) in [6.45, 7) is 5.52. The Kier molecular flexibility index (Phi) is 5.86. The summed E-state index contributed by atoms with van der Waals surface area (Å²) >= 11 is 0. The standard InChI is InChI=1S/C19H26N4O5S/c24-18-16-13-15(1-2-17(16)20-19(25)21-18)29(26,27)23-7-4-14(5-8-23)3-6-22-9-11-28-12-10-22/h1-2,13-14H,3-12H2,(H2,20,21,24,25). The molecule has 10 heteroatoms. The molecule has 9 nitrogen and oxygen atoms in total. The number of rotatable bonds is 5. The number of hydrogen-bond acceptors (Lipinski definition) is 6. The van der Waals surface area contributed by atoms with Crippen LogP contribution in [0.25, 0.3) is 10.9 Å². The molecular weight excluding hydrogens is 396 g/mol. The smallest absolute Gasteiger partial charge is 0.326 e. The number of H-pyrrole nitrogens is 2. The van der Waals surface area contributed by atoms with Gasteiger partial charge in [-0.2, -0.15) is 4.31 Å². The number of morpholine rings is 1. The zero-order chi connectivity index (χ0) is 20.4. The maximum absolute atomic E-state index is 13.0. The van der Waals surface area contributed by atoms with Gasteiger partial charge in [-0.05, 0) is 49.9 Å².